The van der Waals surface area contributed by atoms with Crippen LogP contribution in [0.3, 0.4) is 0 Å². The average Bonchev–Trinajstić information content (AvgIpc) is 1.62. The zero-order chi connectivity index (χ0) is 5.98. The smallest absolute Gasteiger partial charge is 0.198 e. The van der Waals surface area contributed by atoms with E-state index < -0.39 is 0 Å². The maximum atomic E-state index is 10.4. The summed E-state index contributed by atoms with van der Waals surface area (Å²) in [5.74, 6) is -0.122. The van der Waals surface area contributed by atoms with E-state index in [9.17, 15) is 9.59 Å². The maximum absolute atomic E-state index is 10.4. The van der Waals surface area contributed by atoms with Gasteiger partial charge in [-0.05, 0) is 12.8 Å². The van der Waals surface area contributed by atoms with Gasteiger partial charge in [0.25, 0.3) is 0 Å². The minimum atomic E-state index is -0.212. The van der Waals surface area contributed by atoms with Crippen LogP contribution < -0.4 is 0 Å². The number of ketones is 1. The molecule has 0 heterocycles. The van der Waals surface area contributed by atoms with E-state index in [1.807, 2.05) is 0 Å². The number of hydrogen-bond acceptors (Lipinski definition) is 2. The second-order valence-electron chi connectivity index (χ2n) is 2.15. The van der Waals surface area contributed by atoms with Crippen LogP contribution in [0.4, 0.5) is 0 Å². The lowest BCUT2D eigenvalue weighted by Gasteiger charge is -2.20. The van der Waals surface area contributed by atoms with Gasteiger partial charge in [-0.15, -0.1) is 0 Å². The minimum Gasteiger partial charge on any atom is -0.295 e. The van der Waals surface area contributed by atoms with Crippen molar-refractivity contribution in [3.63, 3.8) is 0 Å². The molecule has 0 aromatic carbocycles. The molecular formula is C6H8O2. The standard InChI is InChI=1S/C6H8O2/c7-4-6(8)5-2-1-3-5/h4-5H,1-3H2. The summed E-state index contributed by atoms with van der Waals surface area (Å²) in [6, 6.07) is 0. The van der Waals surface area contributed by atoms with Gasteiger partial charge in [-0.25, -0.2) is 0 Å². The predicted molar refractivity (Wildman–Crippen MR) is 28.4 cm³/mol. The summed E-state index contributed by atoms with van der Waals surface area (Å²) in [7, 11) is 0. The van der Waals surface area contributed by atoms with Crippen molar-refractivity contribution in [3.8, 4) is 0 Å². The Hall–Kier alpha value is -0.660. The first-order chi connectivity index (χ1) is 3.84. The summed E-state index contributed by atoms with van der Waals surface area (Å²) in [6.45, 7) is 0. The van der Waals surface area contributed by atoms with Crippen LogP contribution >= 0.6 is 0 Å². The normalized spacial score (nSPS) is 19.5. The van der Waals surface area contributed by atoms with Gasteiger partial charge in [0, 0.05) is 5.92 Å². The first kappa shape index (κ1) is 5.48. The van der Waals surface area contributed by atoms with Crippen molar-refractivity contribution in [1.29, 1.82) is 0 Å². The predicted octanol–water partition coefficient (Wildman–Crippen LogP) is 0.554. The summed E-state index contributed by atoms with van der Waals surface area (Å²) >= 11 is 0. The lowest BCUT2D eigenvalue weighted by atomic mass is 9.83. The Morgan fingerprint density at radius 3 is 2.25 bits per heavy atom. The number of aldehydes is 1. The highest BCUT2D eigenvalue weighted by molar-refractivity contribution is 6.26. The Morgan fingerprint density at radius 1 is 1.50 bits per heavy atom. The van der Waals surface area contributed by atoms with Gasteiger partial charge < -0.3 is 0 Å². The van der Waals surface area contributed by atoms with E-state index >= 15 is 0 Å². The highest BCUT2D eigenvalue weighted by Gasteiger charge is 2.23. The van der Waals surface area contributed by atoms with Gasteiger partial charge in [-0.2, -0.15) is 0 Å². The second kappa shape index (κ2) is 2.07. The molecule has 0 bridgehead atoms. The topological polar surface area (TPSA) is 34.1 Å². The SMILES string of the molecule is O=CC(=O)C1CCC1. The summed E-state index contributed by atoms with van der Waals surface area (Å²) in [5.41, 5.74) is 0. The van der Waals surface area contributed by atoms with Crippen LogP contribution in [-0.4, -0.2) is 12.1 Å². The van der Waals surface area contributed by atoms with Crippen molar-refractivity contribution in [1.82, 2.24) is 0 Å². The molecule has 0 saturated heterocycles. The fourth-order valence-electron chi connectivity index (χ4n) is 0.789. The first-order valence-electron chi connectivity index (χ1n) is 2.83. The molecule has 8 heavy (non-hydrogen) atoms. The van der Waals surface area contributed by atoms with Gasteiger partial charge >= 0.3 is 0 Å². The molecule has 1 aliphatic carbocycles. The summed E-state index contributed by atoms with van der Waals surface area (Å²) in [4.78, 5) is 20.2. The number of hydrogen-bond donors (Lipinski definition) is 0. The van der Waals surface area contributed by atoms with Gasteiger partial charge in [-0.1, -0.05) is 6.42 Å². The lowest BCUT2D eigenvalue weighted by Crippen LogP contribution is -2.22. The van der Waals surface area contributed by atoms with Crippen LogP contribution in [0, 0.1) is 5.92 Å². The van der Waals surface area contributed by atoms with Gasteiger partial charge in [0.15, 0.2) is 12.1 Å². The molecule has 0 radical (unpaired) electrons. The molecule has 0 aromatic rings. The molecule has 2 heteroatoms. The van der Waals surface area contributed by atoms with Crippen LogP contribution in [0.25, 0.3) is 0 Å². The van der Waals surface area contributed by atoms with Crippen molar-refractivity contribution < 1.29 is 9.59 Å². The largest absolute Gasteiger partial charge is 0.295 e. The van der Waals surface area contributed by atoms with E-state index in [0.717, 1.165) is 19.3 Å². The monoisotopic (exact) mass is 112 g/mol. The van der Waals surface area contributed by atoms with E-state index in [1.165, 1.54) is 0 Å². The fourth-order valence-corrected chi connectivity index (χ4v) is 0.789. The Balaban J connectivity index is 2.34. The maximum Gasteiger partial charge on any atom is 0.198 e. The third kappa shape index (κ3) is 0.782. The molecule has 1 aliphatic rings. The lowest BCUT2D eigenvalue weighted by molar-refractivity contribution is -0.134. The Bertz CT molecular complexity index is 114. The van der Waals surface area contributed by atoms with Crippen LogP contribution in [0.1, 0.15) is 19.3 Å². The molecule has 1 rings (SSSR count). The molecule has 1 fully saturated rings. The molecule has 0 amide bonds. The molecule has 0 atom stereocenters. The van der Waals surface area contributed by atoms with E-state index in [0.29, 0.717) is 6.29 Å². The van der Waals surface area contributed by atoms with Gasteiger partial charge in [0.05, 0.1) is 0 Å². The quantitative estimate of drug-likeness (QED) is 0.386. The summed E-state index contributed by atoms with van der Waals surface area (Å²) in [6.07, 6.45) is 3.41. The second-order valence-corrected chi connectivity index (χ2v) is 2.15. The van der Waals surface area contributed by atoms with Gasteiger partial charge in [-0.3, -0.25) is 9.59 Å². The van der Waals surface area contributed by atoms with E-state index in [-0.39, 0.29) is 11.7 Å². The van der Waals surface area contributed by atoms with E-state index in [1.54, 1.807) is 0 Å². The van der Waals surface area contributed by atoms with Crippen LogP contribution in [0.2, 0.25) is 0 Å². The Labute approximate surface area is 47.9 Å². The molecule has 44 valence electrons. The molecule has 1 saturated carbocycles. The summed E-state index contributed by atoms with van der Waals surface area (Å²) < 4.78 is 0. The van der Waals surface area contributed by atoms with Crippen molar-refractivity contribution in [2.45, 2.75) is 19.3 Å². The van der Waals surface area contributed by atoms with Crippen molar-refractivity contribution >= 4 is 12.1 Å². The summed E-state index contributed by atoms with van der Waals surface area (Å²) in [5, 5.41) is 0. The van der Waals surface area contributed by atoms with Crippen LogP contribution in [0.5, 0.6) is 0 Å². The van der Waals surface area contributed by atoms with E-state index in [4.69, 9.17) is 0 Å². The van der Waals surface area contributed by atoms with Crippen molar-refractivity contribution in [3.05, 3.63) is 0 Å². The Morgan fingerprint density at radius 2 is 2.12 bits per heavy atom. The van der Waals surface area contributed by atoms with Crippen LogP contribution in [0.15, 0.2) is 0 Å². The molecule has 0 spiro atoms. The third-order valence-corrected chi connectivity index (χ3v) is 1.62. The molecule has 2 nitrogen and oxygen atoms in total. The molecule has 0 aromatic heterocycles. The number of Topliss-reactive ketones (excluding diaryl/α,β-unsaturated/α-hetero) is 1. The van der Waals surface area contributed by atoms with Crippen molar-refractivity contribution in [2.75, 3.05) is 0 Å². The van der Waals surface area contributed by atoms with Gasteiger partial charge in [0.2, 0.25) is 0 Å². The minimum absolute atomic E-state index is 0.0903. The first-order valence-corrected chi connectivity index (χ1v) is 2.83. The molecule has 0 unspecified atom stereocenters. The fraction of sp³-hybridized carbons (Fsp3) is 0.667. The molecular weight excluding hydrogens is 104 g/mol. The average molecular weight is 112 g/mol. The van der Waals surface area contributed by atoms with Gasteiger partial charge in [0.1, 0.15) is 0 Å². The molecule has 0 aliphatic heterocycles. The zero-order valence-corrected chi connectivity index (χ0v) is 4.59. The zero-order valence-electron chi connectivity index (χ0n) is 4.59. The number of carbonyl (C=O) groups excluding carboxylic acids is 2. The third-order valence-electron chi connectivity index (χ3n) is 1.62. The van der Waals surface area contributed by atoms with E-state index in [2.05, 4.69) is 0 Å². The number of rotatable bonds is 2. The van der Waals surface area contributed by atoms with Crippen LogP contribution in [-0.2, 0) is 9.59 Å². The van der Waals surface area contributed by atoms with Crippen molar-refractivity contribution in [2.24, 2.45) is 5.92 Å². The highest BCUT2D eigenvalue weighted by Crippen LogP contribution is 2.26. The Kier molecular flexibility index (Phi) is 1.42. The highest BCUT2D eigenvalue weighted by atomic mass is 16.2. The number of carbonyl (C=O) groups is 2. The molecule has 0 N–H and O–H groups in total.